The molecule has 0 radical (unpaired) electrons. The van der Waals surface area contributed by atoms with Gasteiger partial charge >= 0.3 is 5.97 Å². The summed E-state index contributed by atoms with van der Waals surface area (Å²) in [6.07, 6.45) is 2.56. The molecule has 1 aromatic heterocycles. The fourth-order valence-electron chi connectivity index (χ4n) is 1.47. The monoisotopic (exact) mass is 280 g/mol. The minimum Gasteiger partial charge on any atom is -0.480 e. The van der Waals surface area contributed by atoms with Crippen LogP contribution >= 0.6 is 0 Å². The van der Waals surface area contributed by atoms with Crippen LogP contribution in [-0.4, -0.2) is 42.5 Å². The average Bonchev–Trinajstić information content (AvgIpc) is 2.44. The molecule has 7 heteroatoms. The number of carbonyl (C=O) groups is 2. The van der Waals surface area contributed by atoms with Crippen LogP contribution in [0, 0.1) is 0 Å². The minimum absolute atomic E-state index is 0.127. The number of esters is 1. The predicted octanol–water partition coefficient (Wildman–Crippen LogP) is 1.03. The van der Waals surface area contributed by atoms with Crippen molar-refractivity contribution >= 4 is 17.8 Å². The molecule has 1 heterocycles. The third kappa shape index (κ3) is 3.53. The van der Waals surface area contributed by atoms with Gasteiger partial charge in [0.1, 0.15) is 11.9 Å². The summed E-state index contributed by atoms with van der Waals surface area (Å²) in [5.41, 5.74) is 0.175. The van der Waals surface area contributed by atoms with Crippen LogP contribution in [0.15, 0.2) is 11.9 Å². The highest BCUT2D eigenvalue weighted by molar-refractivity contribution is 6.20. The van der Waals surface area contributed by atoms with Gasteiger partial charge in [-0.1, -0.05) is 0 Å². The van der Waals surface area contributed by atoms with E-state index in [1.54, 1.807) is 6.92 Å². The predicted molar refractivity (Wildman–Crippen MR) is 70.4 cm³/mol. The van der Waals surface area contributed by atoms with Gasteiger partial charge in [0.2, 0.25) is 11.8 Å². The molecule has 1 aromatic rings. The molecule has 0 N–H and O–H groups in total. The summed E-state index contributed by atoms with van der Waals surface area (Å²) < 4.78 is 15.0. The standard InChI is InChI=1S/C13H16N2O5/c1-5-20-13(17)9(8(2)16)6-10-11(18-3)14-7-15-12(10)19-4/h6-7H,5H2,1-4H3. The van der Waals surface area contributed by atoms with Gasteiger partial charge in [-0.05, 0) is 19.9 Å². The Labute approximate surface area is 116 Å². The van der Waals surface area contributed by atoms with Gasteiger partial charge in [-0.25, -0.2) is 14.8 Å². The van der Waals surface area contributed by atoms with Crippen LogP contribution in [0.1, 0.15) is 19.4 Å². The molecule has 0 amide bonds. The molecule has 0 aliphatic heterocycles. The maximum absolute atomic E-state index is 11.8. The van der Waals surface area contributed by atoms with Crippen molar-refractivity contribution in [2.24, 2.45) is 0 Å². The molecule has 0 saturated heterocycles. The summed E-state index contributed by atoms with van der Waals surface area (Å²) in [7, 11) is 2.83. The normalized spacial score (nSPS) is 10.9. The fraction of sp³-hybridized carbons (Fsp3) is 0.385. The molecule has 0 spiro atoms. The first-order valence-corrected chi connectivity index (χ1v) is 5.87. The lowest BCUT2D eigenvalue weighted by Crippen LogP contribution is -2.14. The Balaban J connectivity index is 3.36. The number of rotatable bonds is 6. The van der Waals surface area contributed by atoms with Crippen LogP contribution in [0.2, 0.25) is 0 Å². The molecule has 0 unspecified atom stereocenters. The summed E-state index contributed by atoms with van der Waals surface area (Å²) in [5, 5.41) is 0. The summed E-state index contributed by atoms with van der Waals surface area (Å²) >= 11 is 0. The minimum atomic E-state index is -0.715. The second-order valence-corrected chi connectivity index (χ2v) is 3.64. The first-order chi connectivity index (χ1) is 9.54. The molecular weight excluding hydrogens is 264 g/mol. The van der Waals surface area contributed by atoms with Crippen LogP contribution in [-0.2, 0) is 14.3 Å². The van der Waals surface area contributed by atoms with E-state index in [-0.39, 0.29) is 23.9 Å². The van der Waals surface area contributed by atoms with E-state index in [0.29, 0.717) is 5.56 Å². The summed E-state index contributed by atoms with van der Waals surface area (Å²) in [6.45, 7) is 3.09. The smallest absolute Gasteiger partial charge is 0.341 e. The van der Waals surface area contributed by atoms with E-state index in [4.69, 9.17) is 14.2 Å². The molecule has 20 heavy (non-hydrogen) atoms. The highest BCUT2D eigenvalue weighted by Crippen LogP contribution is 2.26. The van der Waals surface area contributed by atoms with Crippen LogP contribution in [0.4, 0.5) is 0 Å². The quantitative estimate of drug-likeness (QED) is 0.333. The van der Waals surface area contributed by atoms with Crippen molar-refractivity contribution in [2.75, 3.05) is 20.8 Å². The molecule has 0 aromatic carbocycles. The van der Waals surface area contributed by atoms with Crippen molar-refractivity contribution in [3.63, 3.8) is 0 Å². The second-order valence-electron chi connectivity index (χ2n) is 3.64. The zero-order valence-corrected chi connectivity index (χ0v) is 11.8. The molecule has 0 aliphatic carbocycles. The van der Waals surface area contributed by atoms with Crippen molar-refractivity contribution in [1.82, 2.24) is 9.97 Å². The summed E-state index contributed by atoms with van der Waals surface area (Å²) in [6, 6.07) is 0. The van der Waals surface area contributed by atoms with Crippen molar-refractivity contribution in [1.29, 1.82) is 0 Å². The van der Waals surface area contributed by atoms with E-state index in [2.05, 4.69) is 9.97 Å². The third-order valence-electron chi connectivity index (χ3n) is 2.36. The van der Waals surface area contributed by atoms with Gasteiger partial charge in [-0.3, -0.25) is 4.79 Å². The third-order valence-corrected chi connectivity index (χ3v) is 2.36. The van der Waals surface area contributed by atoms with E-state index in [1.807, 2.05) is 0 Å². The Morgan fingerprint density at radius 2 is 1.75 bits per heavy atom. The topological polar surface area (TPSA) is 87.6 Å². The van der Waals surface area contributed by atoms with Gasteiger partial charge < -0.3 is 14.2 Å². The highest BCUT2D eigenvalue weighted by atomic mass is 16.5. The van der Waals surface area contributed by atoms with E-state index in [9.17, 15) is 9.59 Å². The van der Waals surface area contributed by atoms with Gasteiger partial charge in [0.15, 0.2) is 5.78 Å². The molecular formula is C13H16N2O5. The van der Waals surface area contributed by atoms with E-state index < -0.39 is 11.8 Å². The number of aromatic nitrogens is 2. The first kappa shape index (κ1) is 15.6. The van der Waals surface area contributed by atoms with Crippen molar-refractivity contribution in [2.45, 2.75) is 13.8 Å². The molecule has 7 nitrogen and oxygen atoms in total. The van der Waals surface area contributed by atoms with Gasteiger partial charge in [0.05, 0.1) is 26.4 Å². The molecule has 1 rings (SSSR count). The highest BCUT2D eigenvalue weighted by Gasteiger charge is 2.19. The lowest BCUT2D eigenvalue weighted by Gasteiger charge is -2.09. The average molecular weight is 280 g/mol. The van der Waals surface area contributed by atoms with Gasteiger partial charge in [-0.15, -0.1) is 0 Å². The zero-order valence-electron chi connectivity index (χ0n) is 11.8. The number of hydrogen-bond acceptors (Lipinski definition) is 7. The number of methoxy groups -OCH3 is 2. The Kier molecular flexibility index (Phi) is 5.64. The van der Waals surface area contributed by atoms with Gasteiger partial charge in [-0.2, -0.15) is 0 Å². The van der Waals surface area contributed by atoms with Crippen LogP contribution in [0.25, 0.3) is 6.08 Å². The Hall–Kier alpha value is -2.44. The van der Waals surface area contributed by atoms with Crippen LogP contribution < -0.4 is 9.47 Å². The first-order valence-electron chi connectivity index (χ1n) is 5.87. The zero-order chi connectivity index (χ0) is 15.1. The molecule has 0 bridgehead atoms. The number of carbonyl (C=O) groups excluding carboxylic acids is 2. The molecule has 0 aliphatic rings. The molecule has 0 fully saturated rings. The van der Waals surface area contributed by atoms with E-state index in [0.717, 1.165) is 0 Å². The summed E-state index contributed by atoms with van der Waals surface area (Å²) in [5.74, 6) is -0.760. The van der Waals surface area contributed by atoms with Gasteiger partial charge in [0, 0.05) is 0 Å². The maximum Gasteiger partial charge on any atom is 0.341 e. The lowest BCUT2D eigenvalue weighted by atomic mass is 10.1. The molecule has 108 valence electrons. The van der Waals surface area contributed by atoms with Crippen molar-refractivity contribution in [3.05, 3.63) is 17.5 Å². The van der Waals surface area contributed by atoms with Crippen LogP contribution in [0.3, 0.4) is 0 Å². The number of ketones is 1. The number of nitrogens with zero attached hydrogens (tertiary/aromatic N) is 2. The van der Waals surface area contributed by atoms with E-state index >= 15 is 0 Å². The van der Waals surface area contributed by atoms with Crippen LogP contribution in [0.5, 0.6) is 11.8 Å². The fourth-order valence-corrected chi connectivity index (χ4v) is 1.47. The second kappa shape index (κ2) is 7.22. The van der Waals surface area contributed by atoms with Crippen molar-refractivity contribution in [3.8, 4) is 11.8 Å². The Morgan fingerprint density at radius 3 is 2.15 bits per heavy atom. The van der Waals surface area contributed by atoms with Crippen molar-refractivity contribution < 1.29 is 23.8 Å². The van der Waals surface area contributed by atoms with E-state index in [1.165, 1.54) is 33.5 Å². The molecule has 0 atom stereocenters. The Bertz CT molecular complexity index is 517. The largest absolute Gasteiger partial charge is 0.480 e. The number of Topliss-reactive ketones (excluding diaryl/α,β-unsaturated/α-hetero) is 1. The maximum atomic E-state index is 11.8. The number of hydrogen-bond donors (Lipinski definition) is 0. The molecule has 0 saturated carbocycles. The summed E-state index contributed by atoms with van der Waals surface area (Å²) in [4.78, 5) is 31.1. The van der Waals surface area contributed by atoms with Gasteiger partial charge in [0.25, 0.3) is 0 Å². The Morgan fingerprint density at radius 1 is 1.20 bits per heavy atom. The lowest BCUT2D eigenvalue weighted by molar-refractivity contribution is -0.139. The number of ether oxygens (including phenoxy) is 3. The SMILES string of the molecule is CCOC(=O)C(=Cc1c(OC)ncnc1OC)C(C)=O.